The molecule has 0 saturated carbocycles. The summed E-state index contributed by atoms with van der Waals surface area (Å²) in [7, 11) is 0. The van der Waals surface area contributed by atoms with E-state index in [9.17, 15) is 22.8 Å². The number of carbonyl (C=O) groups excluding carboxylic acids is 2. The van der Waals surface area contributed by atoms with Crippen LogP contribution in [0.5, 0.6) is 0 Å². The van der Waals surface area contributed by atoms with Gasteiger partial charge in [0.05, 0.1) is 11.6 Å². The highest BCUT2D eigenvalue weighted by Crippen LogP contribution is 2.33. The predicted molar refractivity (Wildman–Crippen MR) is 109 cm³/mol. The highest BCUT2D eigenvalue weighted by Gasteiger charge is 2.48. The molecule has 9 heteroatoms. The first-order valence-electron chi connectivity index (χ1n) is 10.2. The van der Waals surface area contributed by atoms with E-state index in [1.165, 1.54) is 12.1 Å². The molecule has 4 rings (SSSR count). The maximum Gasteiger partial charge on any atom is 0.417 e. The molecule has 2 aromatic rings. The average molecular weight is 446 g/mol. The van der Waals surface area contributed by atoms with Gasteiger partial charge in [-0.2, -0.15) is 13.2 Å². The molecule has 0 N–H and O–H groups in total. The molecular weight excluding hydrogens is 425 g/mol. The monoisotopic (exact) mass is 446 g/mol. The van der Waals surface area contributed by atoms with Crippen LogP contribution >= 0.6 is 0 Å². The number of ether oxygens (including phenoxy) is 1. The molecule has 32 heavy (non-hydrogen) atoms. The molecule has 6 nitrogen and oxygen atoms in total. The maximum absolute atomic E-state index is 13.5. The summed E-state index contributed by atoms with van der Waals surface area (Å²) in [6, 6.07) is 13.3. The van der Waals surface area contributed by atoms with Crippen LogP contribution in [0.15, 0.2) is 59.8 Å². The van der Waals surface area contributed by atoms with Gasteiger partial charge >= 0.3 is 12.3 Å². The fourth-order valence-electron chi connectivity index (χ4n) is 3.98. The second-order valence-electron chi connectivity index (χ2n) is 7.71. The first kappa shape index (κ1) is 21.9. The lowest BCUT2D eigenvalue weighted by atomic mass is 9.89. The summed E-state index contributed by atoms with van der Waals surface area (Å²) in [5.74, 6) is -1.46. The Morgan fingerprint density at radius 2 is 1.81 bits per heavy atom. The zero-order valence-corrected chi connectivity index (χ0v) is 17.2. The van der Waals surface area contributed by atoms with E-state index in [4.69, 9.17) is 9.57 Å². The molecule has 0 radical (unpaired) electrons. The van der Waals surface area contributed by atoms with Gasteiger partial charge in [0.25, 0.3) is 0 Å². The van der Waals surface area contributed by atoms with Crippen LogP contribution in [0.3, 0.4) is 0 Å². The molecule has 3 atom stereocenters. The van der Waals surface area contributed by atoms with Crippen molar-refractivity contribution in [3.63, 3.8) is 0 Å². The van der Waals surface area contributed by atoms with Crippen LogP contribution in [-0.4, -0.2) is 41.4 Å². The Kier molecular flexibility index (Phi) is 5.90. The van der Waals surface area contributed by atoms with E-state index in [0.29, 0.717) is 18.4 Å². The zero-order chi connectivity index (χ0) is 22.9. The van der Waals surface area contributed by atoms with Gasteiger partial charge in [0, 0.05) is 5.56 Å². The molecule has 2 heterocycles. The van der Waals surface area contributed by atoms with Crippen molar-refractivity contribution >= 4 is 17.7 Å². The van der Waals surface area contributed by atoms with E-state index in [2.05, 4.69) is 5.16 Å². The number of oxime groups is 1. The smallest absolute Gasteiger partial charge is 0.417 e. The van der Waals surface area contributed by atoms with Gasteiger partial charge in [-0.25, -0.2) is 9.69 Å². The van der Waals surface area contributed by atoms with Crippen molar-refractivity contribution in [1.82, 2.24) is 4.90 Å². The molecule has 2 aliphatic heterocycles. The molecule has 0 bridgehead atoms. The fraction of sp³-hybridized carbons (Fsp3) is 0.348. The van der Waals surface area contributed by atoms with E-state index in [1.807, 2.05) is 30.3 Å². The predicted octanol–water partition coefficient (Wildman–Crippen LogP) is 4.42. The fourth-order valence-corrected chi connectivity index (χ4v) is 3.98. The van der Waals surface area contributed by atoms with Gasteiger partial charge in [0.15, 0.2) is 0 Å². The van der Waals surface area contributed by atoms with E-state index < -0.39 is 41.8 Å². The number of amides is 2. The zero-order valence-electron chi connectivity index (χ0n) is 17.2. The Balaban J connectivity index is 1.60. The molecule has 0 spiro atoms. The Labute approximate surface area is 182 Å². The van der Waals surface area contributed by atoms with Crippen molar-refractivity contribution in [3.05, 3.63) is 71.3 Å². The molecule has 2 aromatic carbocycles. The highest BCUT2D eigenvalue weighted by atomic mass is 19.4. The maximum atomic E-state index is 13.5. The number of alkyl halides is 3. The van der Waals surface area contributed by atoms with Crippen LogP contribution in [0.4, 0.5) is 18.0 Å². The third kappa shape index (κ3) is 4.19. The van der Waals surface area contributed by atoms with Gasteiger partial charge in [0.2, 0.25) is 5.91 Å². The molecule has 0 aliphatic carbocycles. The van der Waals surface area contributed by atoms with Gasteiger partial charge in [-0.1, -0.05) is 54.5 Å². The third-order valence-electron chi connectivity index (χ3n) is 5.64. The lowest BCUT2D eigenvalue weighted by Crippen LogP contribution is -2.47. The van der Waals surface area contributed by atoms with Crippen LogP contribution in [0.25, 0.3) is 0 Å². The highest BCUT2D eigenvalue weighted by molar-refractivity contribution is 6.16. The molecule has 0 aromatic heterocycles. The Morgan fingerprint density at radius 1 is 1.12 bits per heavy atom. The van der Waals surface area contributed by atoms with Gasteiger partial charge in [-0.3, -0.25) is 4.79 Å². The molecule has 0 unspecified atom stereocenters. The summed E-state index contributed by atoms with van der Waals surface area (Å²) in [4.78, 5) is 32.5. The minimum atomic E-state index is -4.47. The molecule has 168 valence electrons. The number of rotatable bonds is 5. The lowest BCUT2D eigenvalue weighted by Gasteiger charge is -2.25. The van der Waals surface area contributed by atoms with Gasteiger partial charge in [-0.05, 0) is 30.5 Å². The van der Waals surface area contributed by atoms with Gasteiger partial charge in [-0.15, -0.1) is 0 Å². The molecule has 2 aliphatic rings. The Hall–Kier alpha value is -3.36. The van der Waals surface area contributed by atoms with E-state index in [-0.39, 0.29) is 12.3 Å². The quantitative estimate of drug-likeness (QED) is 0.682. The Morgan fingerprint density at radius 3 is 2.44 bits per heavy atom. The van der Waals surface area contributed by atoms with Crippen LogP contribution in [0.1, 0.15) is 30.0 Å². The number of hydrogen-bond donors (Lipinski definition) is 0. The summed E-state index contributed by atoms with van der Waals surface area (Å²) in [6.07, 6.45) is -5.00. The summed E-state index contributed by atoms with van der Waals surface area (Å²) >= 11 is 0. The number of hydrogen-bond acceptors (Lipinski definition) is 5. The topological polar surface area (TPSA) is 68.2 Å². The number of benzene rings is 2. The molecule has 1 saturated heterocycles. The van der Waals surface area contributed by atoms with E-state index in [1.54, 1.807) is 6.92 Å². The van der Waals surface area contributed by atoms with E-state index >= 15 is 0 Å². The second-order valence-corrected chi connectivity index (χ2v) is 7.71. The van der Waals surface area contributed by atoms with Crippen molar-refractivity contribution in [1.29, 1.82) is 0 Å². The number of halogens is 3. The van der Waals surface area contributed by atoms with Crippen LogP contribution < -0.4 is 0 Å². The van der Waals surface area contributed by atoms with E-state index in [0.717, 1.165) is 22.6 Å². The standard InChI is InChI=1S/C23H21F3N2O4/c1-2-18-19(20(27-32-18)15-8-10-16(11-9-15)23(24,25)26)21(29)28-17(13-31-22(28)30)12-14-6-4-3-5-7-14/h3-11,17-19H,2,12-13H2,1H3/t17-,18+,19+/m0/s1. The largest absolute Gasteiger partial charge is 0.447 e. The van der Waals surface area contributed by atoms with Crippen LogP contribution in [0, 0.1) is 5.92 Å². The van der Waals surface area contributed by atoms with Crippen molar-refractivity contribution in [2.75, 3.05) is 6.61 Å². The summed E-state index contributed by atoms with van der Waals surface area (Å²) in [5.41, 5.74) is 0.676. The molecular formula is C23H21F3N2O4. The van der Waals surface area contributed by atoms with Gasteiger partial charge in [0.1, 0.15) is 24.3 Å². The number of carbonyl (C=O) groups is 2. The summed E-state index contributed by atoms with van der Waals surface area (Å²) < 4.78 is 43.9. The number of nitrogens with zero attached hydrogens (tertiary/aromatic N) is 2. The number of imide groups is 1. The molecule has 1 fully saturated rings. The van der Waals surface area contributed by atoms with Crippen molar-refractivity contribution in [3.8, 4) is 0 Å². The first-order chi connectivity index (χ1) is 15.3. The van der Waals surface area contributed by atoms with Crippen molar-refractivity contribution in [2.45, 2.75) is 38.1 Å². The minimum absolute atomic E-state index is 0.0661. The average Bonchev–Trinajstić information content (AvgIpc) is 3.37. The normalized spacial score (nSPS) is 23.0. The summed E-state index contributed by atoms with van der Waals surface area (Å²) in [6.45, 7) is 1.87. The lowest BCUT2D eigenvalue weighted by molar-refractivity contribution is -0.137. The first-order valence-corrected chi connectivity index (χ1v) is 10.2. The SMILES string of the molecule is CC[C@H]1ON=C(c2ccc(C(F)(F)F)cc2)[C@@H]1C(=O)N1C(=O)OC[C@@H]1Cc1ccccc1. The van der Waals surface area contributed by atoms with Crippen LogP contribution in [-0.2, 0) is 27.0 Å². The summed E-state index contributed by atoms with van der Waals surface area (Å²) in [5, 5.41) is 3.99. The van der Waals surface area contributed by atoms with Crippen molar-refractivity contribution in [2.24, 2.45) is 11.1 Å². The third-order valence-corrected chi connectivity index (χ3v) is 5.64. The van der Waals surface area contributed by atoms with Crippen LogP contribution in [0.2, 0.25) is 0 Å². The second kappa shape index (κ2) is 8.64. The van der Waals surface area contributed by atoms with Gasteiger partial charge < -0.3 is 9.57 Å². The number of cyclic esters (lactones) is 1. The Bertz CT molecular complexity index is 1020. The molecule has 2 amide bonds. The minimum Gasteiger partial charge on any atom is -0.447 e. The van der Waals surface area contributed by atoms with Crippen molar-refractivity contribution < 1.29 is 32.3 Å².